The molecule has 1 aromatic carbocycles. The van der Waals surface area contributed by atoms with Crippen LogP contribution in [-0.4, -0.2) is 41.5 Å². The molecule has 7 nitrogen and oxygen atoms in total. The van der Waals surface area contributed by atoms with Gasteiger partial charge in [-0.25, -0.2) is 9.59 Å². The van der Waals surface area contributed by atoms with Crippen LogP contribution >= 0.6 is 0 Å². The number of carboxylic acid groups (broad SMARTS) is 1. The zero-order valence-electron chi connectivity index (χ0n) is 10.4. The monoisotopic (exact) mass is 265 g/mol. The summed E-state index contributed by atoms with van der Waals surface area (Å²) in [5.74, 6) is -1.86. The van der Waals surface area contributed by atoms with E-state index in [1.54, 1.807) is 30.3 Å². The molecule has 19 heavy (non-hydrogen) atoms. The van der Waals surface area contributed by atoms with Gasteiger partial charge >= 0.3 is 12.0 Å². The summed E-state index contributed by atoms with van der Waals surface area (Å²) >= 11 is 0. The number of carboxylic acids is 1. The number of rotatable bonds is 5. The van der Waals surface area contributed by atoms with Gasteiger partial charge in [0, 0.05) is 7.05 Å². The molecule has 0 aliphatic carbocycles. The van der Waals surface area contributed by atoms with E-state index >= 15 is 0 Å². The maximum absolute atomic E-state index is 11.7. The summed E-state index contributed by atoms with van der Waals surface area (Å²) in [5, 5.41) is 11.4. The SMILES string of the molecule is CN(CC(N)=O)C(=O)NC(C(=O)O)c1ccccc1. The van der Waals surface area contributed by atoms with Crippen molar-refractivity contribution in [3.05, 3.63) is 35.9 Å². The third-order valence-electron chi connectivity index (χ3n) is 2.39. The van der Waals surface area contributed by atoms with Crippen molar-refractivity contribution >= 4 is 17.9 Å². The summed E-state index contributed by atoms with van der Waals surface area (Å²) in [6, 6.07) is 6.40. The van der Waals surface area contributed by atoms with Crippen molar-refractivity contribution in [1.29, 1.82) is 0 Å². The van der Waals surface area contributed by atoms with E-state index in [-0.39, 0.29) is 6.54 Å². The van der Waals surface area contributed by atoms with Gasteiger partial charge < -0.3 is 21.1 Å². The molecule has 4 N–H and O–H groups in total. The van der Waals surface area contributed by atoms with E-state index < -0.39 is 23.9 Å². The zero-order valence-corrected chi connectivity index (χ0v) is 10.4. The van der Waals surface area contributed by atoms with Crippen molar-refractivity contribution in [2.75, 3.05) is 13.6 Å². The van der Waals surface area contributed by atoms with E-state index in [2.05, 4.69) is 5.32 Å². The molecule has 0 aliphatic rings. The lowest BCUT2D eigenvalue weighted by Crippen LogP contribution is -2.44. The van der Waals surface area contributed by atoms with Crippen molar-refractivity contribution in [2.45, 2.75) is 6.04 Å². The van der Waals surface area contributed by atoms with Crippen molar-refractivity contribution in [3.63, 3.8) is 0 Å². The molecular weight excluding hydrogens is 250 g/mol. The van der Waals surface area contributed by atoms with Crippen LogP contribution in [0.2, 0.25) is 0 Å². The number of primary amides is 1. The van der Waals surface area contributed by atoms with Crippen LogP contribution < -0.4 is 11.1 Å². The van der Waals surface area contributed by atoms with Crippen LogP contribution in [0.25, 0.3) is 0 Å². The molecular formula is C12H15N3O4. The molecule has 102 valence electrons. The number of carbonyl (C=O) groups is 3. The molecule has 0 heterocycles. The Bertz CT molecular complexity index is 475. The number of urea groups is 1. The Hall–Kier alpha value is -2.57. The van der Waals surface area contributed by atoms with Crippen LogP contribution in [-0.2, 0) is 9.59 Å². The molecule has 0 spiro atoms. The fourth-order valence-corrected chi connectivity index (χ4v) is 1.47. The molecule has 0 saturated carbocycles. The van der Waals surface area contributed by atoms with Crippen LogP contribution in [0.15, 0.2) is 30.3 Å². The van der Waals surface area contributed by atoms with Gasteiger partial charge in [0.2, 0.25) is 5.91 Å². The Kier molecular flexibility index (Phi) is 4.87. The lowest BCUT2D eigenvalue weighted by Gasteiger charge is -2.20. The maximum Gasteiger partial charge on any atom is 0.330 e. The predicted octanol–water partition coefficient (Wildman–Crippen LogP) is -0.0610. The van der Waals surface area contributed by atoms with Crippen molar-refractivity contribution in [2.24, 2.45) is 5.73 Å². The predicted molar refractivity (Wildman–Crippen MR) is 67.2 cm³/mol. The molecule has 1 atom stereocenters. The highest BCUT2D eigenvalue weighted by Crippen LogP contribution is 2.12. The number of amides is 3. The van der Waals surface area contributed by atoms with Gasteiger partial charge in [0.1, 0.15) is 6.54 Å². The van der Waals surface area contributed by atoms with Crippen LogP contribution in [0.5, 0.6) is 0 Å². The normalized spacial score (nSPS) is 11.4. The summed E-state index contributed by atoms with van der Waals surface area (Å²) in [6.45, 7) is -0.285. The first-order valence-electron chi connectivity index (χ1n) is 5.49. The number of nitrogens with one attached hydrogen (secondary N) is 1. The van der Waals surface area contributed by atoms with E-state index in [1.807, 2.05) is 0 Å². The number of hydrogen-bond acceptors (Lipinski definition) is 3. The third-order valence-corrected chi connectivity index (χ3v) is 2.39. The number of likely N-dealkylation sites (N-methyl/N-ethyl adjacent to an activating group) is 1. The fourth-order valence-electron chi connectivity index (χ4n) is 1.47. The summed E-state index contributed by atoms with van der Waals surface area (Å²) in [6.07, 6.45) is 0. The number of benzene rings is 1. The Balaban J connectivity index is 2.78. The smallest absolute Gasteiger partial charge is 0.330 e. The average Bonchev–Trinajstić information content (AvgIpc) is 2.35. The summed E-state index contributed by atoms with van der Waals surface area (Å²) in [7, 11) is 1.35. The molecule has 0 radical (unpaired) electrons. The standard InChI is InChI=1S/C12H15N3O4/c1-15(7-9(13)16)12(19)14-10(11(17)18)8-5-3-2-4-6-8/h2-6,10H,7H2,1H3,(H2,13,16)(H,14,19)(H,17,18). The largest absolute Gasteiger partial charge is 0.479 e. The summed E-state index contributed by atoms with van der Waals surface area (Å²) in [5.41, 5.74) is 5.40. The first kappa shape index (κ1) is 14.5. The molecule has 7 heteroatoms. The van der Waals surface area contributed by atoms with Gasteiger partial charge in [-0.3, -0.25) is 4.79 Å². The molecule has 0 bridgehead atoms. The Labute approximate surface area is 110 Å². The Morgan fingerprint density at radius 3 is 2.37 bits per heavy atom. The van der Waals surface area contributed by atoms with Gasteiger partial charge in [0.15, 0.2) is 6.04 Å². The van der Waals surface area contributed by atoms with Crippen molar-refractivity contribution in [1.82, 2.24) is 10.2 Å². The second-order valence-electron chi connectivity index (χ2n) is 3.95. The third kappa shape index (κ3) is 4.30. The second-order valence-corrected chi connectivity index (χ2v) is 3.95. The highest BCUT2D eigenvalue weighted by atomic mass is 16.4. The van der Waals surface area contributed by atoms with E-state index in [0.29, 0.717) is 5.56 Å². The molecule has 0 aromatic heterocycles. The maximum atomic E-state index is 11.7. The quantitative estimate of drug-likeness (QED) is 0.692. The van der Waals surface area contributed by atoms with E-state index in [1.165, 1.54) is 7.05 Å². The van der Waals surface area contributed by atoms with Crippen molar-refractivity contribution in [3.8, 4) is 0 Å². The second kappa shape index (κ2) is 6.39. The molecule has 1 rings (SSSR count). The average molecular weight is 265 g/mol. The minimum atomic E-state index is -1.19. The van der Waals surface area contributed by atoms with Crippen LogP contribution in [0, 0.1) is 0 Å². The van der Waals surface area contributed by atoms with Gasteiger partial charge in [-0.1, -0.05) is 30.3 Å². The van der Waals surface area contributed by atoms with Gasteiger partial charge in [0.05, 0.1) is 0 Å². The fraction of sp³-hybridized carbons (Fsp3) is 0.250. The number of nitrogens with zero attached hydrogens (tertiary/aromatic N) is 1. The molecule has 0 aliphatic heterocycles. The van der Waals surface area contributed by atoms with Crippen LogP contribution in [0.1, 0.15) is 11.6 Å². The van der Waals surface area contributed by atoms with Gasteiger partial charge in [-0.05, 0) is 5.56 Å². The highest BCUT2D eigenvalue weighted by molar-refractivity contribution is 5.86. The first-order valence-corrected chi connectivity index (χ1v) is 5.49. The Morgan fingerprint density at radius 1 is 1.32 bits per heavy atom. The van der Waals surface area contributed by atoms with E-state index in [9.17, 15) is 14.4 Å². The molecule has 1 unspecified atom stereocenters. The number of hydrogen-bond donors (Lipinski definition) is 3. The molecule has 0 fully saturated rings. The Morgan fingerprint density at radius 2 is 1.89 bits per heavy atom. The van der Waals surface area contributed by atoms with Gasteiger partial charge in [-0.15, -0.1) is 0 Å². The van der Waals surface area contributed by atoms with E-state index in [0.717, 1.165) is 4.90 Å². The molecule has 3 amide bonds. The number of nitrogens with two attached hydrogens (primary N) is 1. The zero-order chi connectivity index (χ0) is 14.4. The lowest BCUT2D eigenvalue weighted by atomic mass is 10.1. The summed E-state index contributed by atoms with van der Waals surface area (Å²) in [4.78, 5) is 34.6. The first-order chi connectivity index (χ1) is 8.91. The lowest BCUT2D eigenvalue weighted by molar-refractivity contribution is -0.139. The van der Waals surface area contributed by atoms with Gasteiger partial charge in [0.25, 0.3) is 0 Å². The van der Waals surface area contributed by atoms with Crippen molar-refractivity contribution < 1.29 is 19.5 Å². The van der Waals surface area contributed by atoms with Gasteiger partial charge in [-0.2, -0.15) is 0 Å². The highest BCUT2D eigenvalue weighted by Gasteiger charge is 2.23. The minimum Gasteiger partial charge on any atom is -0.479 e. The molecule has 1 aromatic rings. The minimum absolute atomic E-state index is 0.285. The van der Waals surface area contributed by atoms with E-state index in [4.69, 9.17) is 10.8 Å². The number of carbonyl (C=O) groups excluding carboxylic acids is 2. The number of aliphatic carboxylic acids is 1. The van der Waals surface area contributed by atoms with Crippen LogP contribution in [0.3, 0.4) is 0 Å². The summed E-state index contributed by atoms with van der Waals surface area (Å²) < 4.78 is 0. The topological polar surface area (TPSA) is 113 Å². The van der Waals surface area contributed by atoms with Crippen LogP contribution in [0.4, 0.5) is 4.79 Å². The molecule has 0 saturated heterocycles.